The van der Waals surface area contributed by atoms with Gasteiger partial charge >= 0.3 is 11.9 Å². The molecule has 3 aliphatic rings. The quantitative estimate of drug-likeness (QED) is 0.0521. The Bertz CT molecular complexity index is 1040. The third-order valence-corrected chi connectivity index (χ3v) is 8.34. The van der Waals surface area contributed by atoms with Crippen LogP contribution in [0.1, 0.15) is 13.8 Å². The number of rotatable bonds is 12. The Morgan fingerprint density at radius 3 is 1.89 bits per heavy atom. The van der Waals surface area contributed by atoms with Crippen LogP contribution in [0.5, 0.6) is 0 Å². The third-order valence-electron chi connectivity index (χ3n) is 8.34. The Kier molecular flexibility index (Phi) is 13.4. The topological polar surface area (TPSA) is 339 Å². The first-order valence-electron chi connectivity index (χ1n) is 14.4. The maximum atomic E-state index is 12.9. The van der Waals surface area contributed by atoms with Crippen molar-refractivity contribution in [3.8, 4) is 0 Å². The van der Waals surface area contributed by atoms with Crippen molar-refractivity contribution in [3.63, 3.8) is 0 Å². The summed E-state index contributed by atoms with van der Waals surface area (Å²) in [6, 6.07) is -4.38. The Morgan fingerprint density at radius 1 is 0.826 bits per heavy atom. The molecule has 46 heavy (non-hydrogen) atoms. The molecule has 3 rings (SSSR count). The molecular formula is C26H45N3O17. The highest BCUT2D eigenvalue weighted by Gasteiger charge is 2.59. The van der Waals surface area contributed by atoms with Crippen molar-refractivity contribution in [1.82, 2.24) is 0 Å². The largest absolute Gasteiger partial charge is 0.425 e. The summed E-state index contributed by atoms with van der Waals surface area (Å²) < 4.78 is 38.0. The fourth-order valence-corrected chi connectivity index (χ4v) is 5.43. The molecule has 3 heterocycles. The number of carbonyl (C=O) groups excluding carboxylic acids is 2. The van der Waals surface area contributed by atoms with E-state index >= 15 is 0 Å². The average molecular weight is 672 g/mol. The molecule has 0 bridgehead atoms. The number of aliphatic hydroxyl groups is 8. The van der Waals surface area contributed by atoms with Crippen LogP contribution in [0.2, 0.25) is 0 Å². The first-order valence-corrected chi connectivity index (χ1v) is 14.4. The molecule has 0 aromatic heterocycles. The molecule has 17 atom stereocenters. The molecule has 0 spiro atoms. The van der Waals surface area contributed by atoms with E-state index < -0.39 is 135 Å². The Hall–Kier alpha value is -1.96. The summed E-state index contributed by atoms with van der Waals surface area (Å²) in [6.07, 6.45) is -18.4. The third kappa shape index (κ3) is 7.68. The van der Waals surface area contributed by atoms with E-state index in [-0.39, 0.29) is 0 Å². The van der Waals surface area contributed by atoms with E-state index in [1.165, 1.54) is 13.8 Å². The number of hydrogen-bond acceptors (Lipinski definition) is 20. The van der Waals surface area contributed by atoms with E-state index in [4.69, 9.17) is 50.4 Å². The van der Waals surface area contributed by atoms with Crippen LogP contribution in [0.25, 0.3) is 0 Å². The number of esters is 2. The van der Waals surface area contributed by atoms with Crippen molar-refractivity contribution < 1.29 is 83.6 Å². The van der Waals surface area contributed by atoms with E-state index in [1.54, 1.807) is 0 Å². The lowest BCUT2D eigenvalue weighted by Crippen LogP contribution is -2.73. The van der Waals surface area contributed by atoms with E-state index in [9.17, 15) is 50.4 Å². The van der Waals surface area contributed by atoms with E-state index in [0.29, 0.717) is 0 Å². The van der Waals surface area contributed by atoms with Gasteiger partial charge in [-0.15, -0.1) is 0 Å². The molecule has 20 heteroatoms. The normalized spacial score (nSPS) is 44.5. The van der Waals surface area contributed by atoms with Gasteiger partial charge in [-0.3, -0.25) is 4.79 Å². The Balaban J connectivity index is 1.80. The molecule has 3 saturated heterocycles. The Labute approximate surface area is 263 Å². The maximum absolute atomic E-state index is 12.9. The summed E-state index contributed by atoms with van der Waals surface area (Å²) >= 11 is 0. The second kappa shape index (κ2) is 16.0. The van der Waals surface area contributed by atoms with Crippen LogP contribution in [-0.4, -0.2) is 170 Å². The van der Waals surface area contributed by atoms with Gasteiger partial charge in [0, 0.05) is 13.0 Å². The van der Waals surface area contributed by atoms with Crippen LogP contribution in [-0.2, 0) is 42.7 Å². The number of nitrogens with two attached hydrogens (primary N) is 3. The SMILES string of the molecule is C=CC(=O)OC(C)OC(=O)C(C)[C@]1(CO)O[C@H](OC2[C@@H](CO)O[C@@H](OC3[C@@H](CO)O[C@@H](O)[C@H](N)[C@H]3O)[C@H](N)[C@H]2O)[C@H](N)[C@@H](O)[C@@H]1O. The van der Waals surface area contributed by atoms with E-state index in [1.807, 2.05) is 0 Å². The second-order valence-corrected chi connectivity index (χ2v) is 11.3. The summed E-state index contributed by atoms with van der Waals surface area (Å²) in [5, 5.41) is 83.3. The van der Waals surface area contributed by atoms with Crippen LogP contribution in [0.3, 0.4) is 0 Å². The van der Waals surface area contributed by atoms with Crippen LogP contribution in [0, 0.1) is 5.92 Å². The zero-order valence-electron chi connectivity index (χ0n) is 25.1. The van der Waals surface area contributed by atoms with E-state index in [0.717, 1.165) is 6.08 Å². The van der Waals surface area contributed by atoms with Crippen molar-refractivity contribution in [3.05, 3.63) is 12.7 Å². The molecule has 0 aromatic rings. The lowest BCUT2D eigenvalue weighted by molar-refractivity contribution is -0.365. The highest BCUT2D eigenvalue weighted by molar-refractivity contribution is 5.81. The van der Waals surface area contributed by atoms with Crippen molar-refractivity contribution in [2.75, 3.05) is 19.8 Å². The monoisotopic (exact) mass is 671 g/mol. The second-order valence-electron chi connectivity index (χ2n) is 11.3. The zero-order valence-corrected chi connectivity index (χ0v) is 25.1. The number of ether oxygens (including phenoxy) is 7. The van der Waals surface area contributed by atoms with Gasteiger partial charge in [0.25, 0.3) is 0 Å². The molecule has 20 nitrogen and oxygen atoms in total. The predicted molar refractivity (Wildman–Crippen MR) is 147 cm³/mol. The van der Waals surface area contributed by atoms with E-state index in [2.05, 4.69) is 6.58 Å². The lowest BCUT2D eigenvalue weighted by Gasteiger charge is -2.52. The number of hydrogen-bond donors (Lipinski definition) is 11. The zero-order chi connectivity index (χ0) is 34.7. The molecule has 0 amide bonds. The highest BCUT2D eigenvalue weighted by Crippen LogP contribution is 2.38. The standard InChI is InChI=1S/C26H45N3O17/c1-4-12(33)40-9(3)41-22(38)8(2)26(7-32)21(37)18(36)15(29)25(46-26)45-20-11(6-31)43-24(14(28)17(20)35)44-19-10(5-30)42-23(39)13(27)16(19)34/h4,8-11,13-21,23-25,30-32,34-37,39H,1,5-7,27-29H2,2-3H3/t8?,9?,10-,11-,13-,14-,15-,16-,17-,18-,19?,20?,21+,23-,24+,25+,26+/m1/s1. The minimum absolute atomic E-state index is 0.715. The Morgan fingerprint density at radius 2 is 1.35 bits per heavy atom. The van der Waals surface area contributed by atoms with Crippen LogP contribution < -0.4 is 17.2 Å². The molecular weight excluding hydrogens is 626 g/mol. The summed E-state index contributed by atoms with van der Waals surface area (Å²) in [5.74, 6) is -3.58. The minimum Gasteiger partial charge on any atom is -0.425 e. The van der Waals surface area contributed by atoms with Gasteiger partial charge in [0.15, 0.2) is 18.9 Å². The molecule has 3 aliphatic heterocycles. The van der Waals surface area contributed by atoms with Gasteiger partial charge in [0.05, 0.1) is 43.9 Å². The van der Waals surface area contributed by atoms with Crippen molar-refractivity contribution >= 4 is 11.9 Å². The minimum atomic E-state index is -2.32. The maximum Gasteiger partial charge on any atom is 0.333 e. The lowest BCUT2D eigenvalue weighted by atomic mass is 9.77. The van der Waals surface area contributed by atoms with Crippen LogP contribution in [0.15, 0.2) is 12.7 Å². The van der Waals surface area contributed by atoms with Crippen LogP contribution >= 0.6 is 0 Å². The first-order chi connectivity index (χ1) is 21.6. The van der Waals surface area contributed by atoms with Crippen molar-refractivity contribution in [1.29, 1.82) is 0 Å². The van der Waals surface area contributed by atoms with Gasteiger partial charge < -0.3 is 91.2 Å². The van der Waals surface area contributed by atoms with Gasteiger partial charge in [0.2, 0.25) is 6.29 Å². The summed E-state index contributed by atoms with van der Waals surface area (Å²) in [4.78, 5) is 24.4. The number of aliphatic hydroxyl groups excluding tert-OH is 8. The number of carbonyl (C=O) groups is 2. The van der Waals surface area contributed by atoms with Gasteiger partial charge in [0.1, 0.15) is 54.4 Å². The molecule has 0 aliphatic carbocycles. The summed E-state index contributed by atoms with van der Waals surface area (Å²) in [5.41, 5.74) is 15.6. The average Bonchev–Trinajstić information content (AvgIpc) is 3.03. The van der Waals surface area contributed by atoms with Gasteiger partial charge in [-0.2, -0.15) is 0 Å². The van der Waals surface area contributed by atoms with Crippen molar-refractivity contribution in [2.45, 2.75) is 112 Å². The van der Waals surface area contributed by atoms with Gasteiger partial charge in [-0.1, -0.05) is 6.58 Å². The molecule has 0 radical (unpaired) electrons. The molecule has 3 fully saturated rings. The molecule has 0 saturated carbocycles. The molecule has 0 aromatic carbocycles. The van der Waals surface area contributed by atoms with Gasteiger partial charge in [-0.05, 0) is 6.92 Å². The van der Waals surface area contributed by atoms with Crippen molar-refractivity contribution in [2.24, 2.45) is 23.1 Å². The predicted octanol–water partition coefficient (Wildman–Crippen LogP) is -7.05. The molecule has 266 valence electrons. The molecule has 14 N–H and O–H groups in total. The molecule has 4 unspecified atom stereocenters. The summed E-state index contributed by atoms with van der Waals surface area (Å²) in [7, 11) is 0. The summed E-state index contributed by atoms with van der Waals surface area (Å²) in [6.45, 7) is 2.99. The fourth-order valence-electron chi connectivity index (χ4n) is 5.43. The first kappa shape index (κ1) is 38.5. The van der Waals surface area contributed by atoms with Crippen LogP contribution in [0.4, 0.5) is 0 Å². The smallest absolute Gasteiger partial charge is 0.333 e. The highest BCUT2D eigenvalue weighted by atomic mass is 16.7. The van der Waals surface area contributed by atoms with Gasteiger partial charge in [-0.25, -0.2) is 4.79 Å². The fraction of sp³-hybridized carbons (Fsp3) is 0.846.